The zero-order chi connectivity index (χ0) is 15.8. The Bertz CT molecular complexity index is 285. The first-order valence-electron chi connectivity index (χ1n) is 7.54. The quantitative estimate of drug-likeness (QED) is 0.271. The lowest BCUT2D eigenvalue weighted by molar-refractivity contribution is -0.118. The molecule has 0 aromatic carbocycles. The largest absolute Gasteiger partial charge is 0.383 e. The van der Waals surface area contributed by atoms with E-state index in [1.165, 1.54) is 6.92 Å². The maximum Gasteiger partial charge on any atom is 0.216 e. The first-order valence-corrected chi connectivity index (χ1v) is 7.54. The summed E-state index contributed by atoms with van der Waals surface area (Å²) in [5.74, 6) is 0.762. The van der Waals surface area contributed by atoms with Crippen LogP contribution in [0.3, 0.4) is 0 Å². The van der Waals surface area contributed by atoms with Gasteiger partial charge in [0.1, 0.15) is 0 Å². The van der Waals surface area contributed by atoms with E-state index in [0.29, 0.717) is 26.2 Å². The van der Waals surface area contributed by atoms with Crippen LogP contribution in [0.4, 0.5) is 0 Å². The Labute approximate surface area is 127 Å². The van der Waals surface area contributed by atoms with Crippen LogP contribution in [0.1, 0.15) is 26.7 Å². The lowest BCUT2D eigenvalue weighted by atomic mass is 10.4. The average Bonchev–Trinajstić information content (AvgIpc) is 2.45. The van der Waals surface area contributed by atoms with Gasteiger partial charge in [0, 0.05) is 53.4 Å². The molecule has 124 valence electrons. The Balaban J connectivity index is 3.90. The molecule has 0 bridgehead atoms. The third-order valence-corrected chi connectivity index (χ3v) is 2.54. The molecule has 0 aliphatic heterocycles. The molecule has 0 fully saturated rings. The van der Waals surface area contributed by atoms with Crippen LogP contribution in [-0.2, 0) is 14.3 Å². The van der Waals surface area contributed by atoms with Gasteiger partial charge in [-0.1, -0.05) is 0 Å². The van der Waals surface area contributed by atoms with Crippen LogP contribution in [0.2, 0.25) is 0 Å². The Morgan fingerprint density at radius 2 is 1.76 bits per heavy atom. The van der Waals surface area contributed by atoms with Crippen molar-refractivity contribution in [3.63, 3.8) is 0 Å². The normalized spacial score (nSPS) is 11.3. The number of nitrogens with zero attached hydrogens (tertiary/aromatic N) is 1. The second kappa shape index (κ2) is 15.1. The van der Waals surface area contributed by atoms with Crippen molar-refractivity contribution in [2.24, 2.45) is 4.99 Å². The Morgan fingerprint density at radius 1 is 1.05 bits per heavy atom. The molecule has 0 aliphatic rings. The third-order valence-electron chi connectivity index (χ3n) is 2.54. The summed E-state index contributed by atoms with van der Waals surface area (Å²) >= 11 is 0. The fourth-order valence-corrected chi connectivity index (χ4v) is 1.51. The van der Waals surface area contributed by atoms with Crippen LogP contribution in [-0.4, -0.2) is 65.0 Å². The van der Waals surface area contributed by atoms with E-state index in [1.54, 1.807) is 7.11 Å². The SMILES string of the molecule is CCOCCCNC(=NCCCNC(C)=O)NCCOC. The highest BCUT2D eigenvalue weighted by Crippen LogP contribution is 1.84. The number of hydrogen-bond donors (Lipinski definition) is 3. The number of hydrogen-bond acceptors (Lipinski definition) is 4. The number of carbonyl (C=O) groups excluding carboxylic acids is 1. The van der Waals surface area contributed by atoms with Crippen molar-refractivity contribution < 1.29 is 14.3 Å². The van der Waals surface area contributed by atoms with Crippen molar-refractivity contribution in [3.8, 4) is 0 Å². The first kappa shape index (κ1) is 19.7. The van der Waals surface area contributed by atoms with Gasteiger partial charge in [0.05, 0.1) is 6.61 Å². The number of aliphatic imine (C=N–C) groups is 1. The van der Waals surface area contributed by atoms with Crippen LogP contribution >= 0.6 is 0 Å². The van der Waals surface area contributed by atoms with Gasteiger partial charge in [-0.05, 0) is 19.8 Å². The minimum Gasteiger partial charge on any atom is -0.383 e. The van der Waals surface area contributed by atoms with Crippen LogP contribution in [0.25, 0.3) is 0 Å². The van der Waals surface area contributed by atoms with E-state index in [9.17, 15) is 4.79 Å². The predicted molar refractivity (Wildman–Crippen MR) is 84.6 cm³/mol. The van der Waals surface area contributed by atoms with Crippen LogP contribution in [0.5, 0.6) is 0 Å². The zero-order valence-electron chi connectivity index (χ0n) is 13.5. The van der Waals surface area contributed by atoms with Gasteiger partial charge in [-0.3, -0.25) is 9.79 Å². The number of rotatable bonds is 12. The molecule has 0 radical (unpaired) electrons. The predicted octanol–water partition coefficient (Wildman–Crippen LogP) is 0.121. The van der Waals surface area contributed by atoms with E-state index >= 15 is 0 Å². The number of amides is 1. The summed E-state index contributed by atoms with van der Waals surface area (Å²) in [5.41, 5.74) is 0. The molecule has 0 saturated heterocycles. The molecular formula is C14H30N4O3. The molecule has 0 aliphatic carbocycles. The van der Waals surface area contributed by atoms with Gasteiger partial charge in [0.25, 0.3) is 0 Å². The van der Waals surface area contributed by atoms with Gasteiger partial charge in [0.15, 0.2) is 5.96 Å². The van der Waals surface area contributed by atoms with Gasteiger partial charge in [-0.25, -0.2) is 0 Å². The zero-order valence-corrected chi connectivity index (χ0v) is 13.5. The van der Waals surface area contributed by atoms with Gasteiger partial charge in [-0.2, -0.15) is 0 Å². The summed E-state index contributed by atoms with van der Waals surface area (Å²) in [7, 11) is 1.67. The molecule has 21 heavy (non-hydrogen) atoms. The maximum absolute atomic E-state index is 10.7. The van der Waals surface area contributed by atoms with E-state index in [1.807, 2.05) is 6.92 Å². The van der Waals surface area contributed by atoms with Crippen molar-refractivity contribution in [2.45, 2.75) is 26.7 Å². The minimum absolute atomic E-state index is 0.00790. The number of methoxy groups -OCH3 is 1. The van der Waals surface area contributed by atoms with Gasteiger partial charge < -0.3 is 25.4 Å². The van der Waals surface area contributed by atoms with Crippen molar-refractivity contribution in [1.82, 2.24) is 16.0 Å². The lowest BCUT2D eigenvalue weighted by Gasteiger charge is -2.12. The highest BCUT2D eigenvalue weighted by Gasteiger charge is 1.98. The molecule has 3 N–H and O–H groups in total. The molecule has 1 amide bonds. The summed E-state index contributed by atoms with van der Waals surface area (Å²) in [6.45, 7) is 8.45. The number of guanidine groups is 1. The molecule has 0 rings (SSSR count). The number of nitrogens with one attached hydrogen (secondary N) is 3. The van der Waals surface area contributed by atoms with Gasteiger partial charge in [0.2, 0.25) is 5.91 Å². The second-order valence-corrected chi connectivity index (χ2v) is 4.46. The van der Waals surface area contributed by atoms with Crippen LogP contribution in [0.15, 0.2) is 4.99 Å². The molecule has 0 heterocycles. The molecule has 0 unspecified atom stereocenters. The molecule has 7 nitrogen and oxygen atoms in total. The number of carbonyl (C=O) groups is 1. The molecular weight excluding hydrogens is 272 g/mol. The Kier molecular flexibility index (Phi) is 14.1. The van der Waals surface area contributed by atoms with Crippen molar-refractivity contribution >= 4 is 11.9 Å². The van der Waals surface area contributed by atoms with Gasteiger partial charge >= 0.3 is 0 Å². The lowest BCUT2D eigenvalue weighted by Crippen LogP contribution is -2.40. The standard InChI is InChI=1S/C14H30N4O3/c1-4-21-11-6-9-17-14(18-10-12-20-3)16-8-5-7-15-13(2)19/h4-12H2,1-3H3,(H,15,19)(H2,16,17,18). The maximum atomic E-state index is 10.7. The fraction of sp³-hybridized carbons (Fsp3) is 0.857. The van der Waals surface area contributed by atoms with E-state index < -0.39 is 0 Å². The van der Waals surface area contributed by atoms with E-state index in [2.05, 4.69) is 20.9 Å². The summed E-state index contributed by atoms with van der Waals surface area (Å²) in [6.07, 6.45) is 1.75. The summed E-state index contributed by atoms with van der Waals surface area (Å²) in [5, 5.41) is 9.20. The molecule has 0 spiro atoms. The molecule has 0 aromatic heterocycles. The van der Waals surface area contributed by atoms with Crippen molar-refractivity contribution in [1.29, 1.82) is 0 Å². The minimum atomic E-state index is -0.00790. The smallest absolute Gasteiger partial charge is 0.216 e. The summed E-state index contributed by atoms with van der Waals surface area (Å²) in [6, 6.07) is 0. The molecule has 7 heteroatoms. The highest BCUT2D eigenvalue weighted by molar-refractivity contribution is 5.79. The summed E-state index contributed by atoms with van der Waals surface area (Å²) in [4.78, 5) is 15.2. The third kappa shape index (κ3) is 14.9. The molecule has 0 saturated carbocycles. The Hall–Kier alpha value is -1.34. The Morgan fingerprint density at radius 3 is 2.43 bits per heavy atom. The van der Waals surface area contributed by atoms with Crippen LogP contribution < -0.4 is 16.0 Å². The van der Waals surface area contributed by atoms with E-state index in [0.717, 1.165) is 38.6 Å². The van der Waals surface area contributed by atoms with E-state index in [4.69, 9.17) is 9.47 Å². The van der Waals surface area contributed by atoms with Crippen molar-refractivity contribution in [2.75, 3.05) is 53.1 Å². The fourth-order valence-electron chi connectivity index (χ4n) is 1.51. The highest BCUT2D eigenvalue weighted by atomic mass is 16.5. The van der Waals surface area contributed by atoms with E-state index in [-0.39, 0.29) is 5.91 Å². The topological polar surface area (TPSA) is 84.0 Å². The number of ether oxygens (including phenoxy) is 2. The average molecular weight is 302 g/mol. The van der Waals surface area contributed by atoms with Crippen molar-refractivity contribution in [3.05, 3.63) is 0 Å². The summed E-state index contributed by atoms with van der Waals surface area (Å²) < 4.78 is 10.3. The van der Waals surface area contributed by atoms with Crippen LogP contribution in [0, 0.1) is 0 Å². The van der Waals surface area contributed by atoms with Gasteiger partial charge in [-0.15, -0.1) is 0 Å². The molecule has 0 aromatic rings. The monoisotopic (exact) mass is 302 g/mol. The first-order chi connectivity index (χ1) is 10.2. The second-order valence-electron chi connectivity index (χ2n) is 4.46. The molecule has 0 atom stereocenters.